The standard InChI is InChI=1S/C13H16FNO2/c1-10(9-16)15-13(17)8-4-6-11-5-2-3-7-12(11)14/h2-7,10,16H,8-9H2,1H3,(H,15,17)/b6-4+. The number of hydrogen-bond donors (Lipinski definition) is 2. The Morgan fingerprint density at radius 3 is 2.88 bits per heavy atom. The van der Waals surface area contributed by atoms with Gasteiger partial charge in [0.25, 0.3) is 0 Å². The first-order valence-corrected chi connectivity index (χ1v) is 5.44. The van der Waals surface area contributed by atoms with Crippen molar-refractivity contribution in [2.45, 2.75) is 19.4 Å². The van der Waals surface area contributed by atoms with Crippen molar-refractivity contribution in [1.29, 1.82) is 0 Å². The molecule has 92 valence electrons. The molecule has 2 N–H and O–H groups in total. The van der Waals surface area contributed by atoms with Crippen LogP contribution < -0.4 is 5.32 Å². The second-order valence-corrected chi connectivity index (χ2v) is 3.78. The van der Waals surface area contributed by atoms with Crippen molar-refractivity contribution in [3.05, 3.63) is 41.7 Å². The van der Waals surface area contributed by atoms with E-state index in [1.807, 2.05) is 0 Å². The van der Waals surface area contributed by atoms with E-state index in [2.05, 4.69) is 5.32 Å². The van der Waals surface area contributed by atoms with Gasteiger partial charge in [0.15, 0.2) is 0 Å². The summed E-state index contributed by atoms with van der Waals surface area (Å²) in [4.78, 5) is 11.3. The number of aliphatic hydroxyl groups is 1. The zero-order chi connectivity index (χ0) is 12.7. The molecule has 0 bridgehead atoms. The highest BCUT2D eigenvalue weighted by atomic mass is 19.1. The average molecular weight is 237 g/mol. The molecular formula is C13H16FNO2. The van der Waals surface area contributed by atoms with Gasteiger partial charge in [0.1, 0.15) is 5.82 Å². The van der Waals surface area contributed by atoms with Gasteiger partial charge in [-0.2, -0.15) is 0 Å². The molecule has 1 aromatic rings. The fourth-order valence-electron chi connectivity index (χ4n) is 1.28. The Hall–Kier alpha value is -1.68. The molecular weight excluding hydrogens is 221 g/mol. The molecule has 0 aliphatic heterocycles. The lowest BCUT2D eigenvalue weighted by atomic mass is 10.2. The molecule has 1 atom stereocenters. The van der Waals surface area contributed by atoms with Crippen molar-refractivity contribution in [3.63, 3.8) is 0 Å². The number of rotatable bonds is 5. The molecule has 0 saturated heterocycles. The van der Waals surface area contributed by atoms with E-state index in [1.165, 1.54) is 6.07 Å². The lowest BCUT2D eigenvalue weighted by molar-refractivity contribution is -0.121. The molecule has 0 saturated carbocycles. The summed E-state index contributed by atoms with van der Waals surface area (Å²) in [7, 11) is 0. The number of hydrogen-bond acceptors (Lipinski definition) is 2. The van der Waals surface area contributed by atoms with Gasteiger partial charge in [-0.15, -0.1) is 0 Å². The van der Waals surface area contributed by atoms with Crippen molar-refractivity contribution in [3.8, 4) is 0 Å². The molecule has 1 amide bonds. The van der Waals surface area contributed by atoms with Crippen molar-refractivity contribution in [2.24, 2.45) is 0 Å². The lowest BCUT2D eigenvalue weighted by Gasteiger charge is -2.08. The molecule has 0 fully saturated rings. The van der Waals surface area contributed by atoms with E-state index < -0.39 is 0 Å². The van der Waals surface area contributed by atoms with Gasteiger partial charge >= 0.3 is 0 Å². The van der Waals surface area contributed by atoms with E-state index in [9.17, 15) is 9.18 Å². The third kappa shape index (κ3) is 4.78. The molecule has 0 aromatic heterocycles. The molecule has 0 aliphatic carbocycles. The van der Waals surface area contributed by atoms with Crippen LogP contribution in [0.3, 0.4) is 0 Å². The van der Waals surface area contributed by atoms with Crippen LogP contribution >= 0.6 is 0 Å². The van der Waals surface area contributed by atoms with Gasteiger partial charge in [-0.3, -0.25) is 4.79 Å². The summed E-state index contributed by atoms with van der Waals surface area (Å²) >= 11 is 0. The quantitative estimate of drug-likeness (QED) is 0.819. The number of amides is 1. The fourth-order valence-corrected chi connectivity index (χ4v) is 1.28. The second-order valence-electron chi connectivity index (χ2n) is 3.78. The minimum Gasteiger partial charge on any atom is -0.394 e. The van der Waals surface area contributed by atoms with Gasteiger partial charge in [0.2, 0.25) is 5.91 Å². The summed E-state index contributed by atoms with van der Waals surface area (Å²) in [6.07, 6.45) is 3.33. The Morgan fingerprint density at radius 1 is 1.53 bits per heavy atom. The topological polar surface area (TPSA) is 49.3 Å². The van der Waals surface area contributed by atoms with Gasteiger partial charge in [-0.1, -0.05) is 30.4 Å². The monoisotopic (exact) mass is 237 g/mol. The maximum atomic E-state index is 13.2. The van der Waals surface area contributed by atoms with Crippen LogP contribution in [0.1, 0.15) is 18.9 Å². The molecule has 1 rings (SSSR count). The van der Waals surface area contributed by atoms with Crippen LogP contribution in [-0.4, -0.2) is 23.7 Å². The Labute approximate surface area is 100.0 Å². The zero-order valence-electron chi connectivity index (χ0n) is 9.69. The van der Waals surface area contributed by atoms with Gasteiger partial charge in [-0.25, -0.2) is 4.39 Å². The molecule has 17 heavy (non-hydrogen) atoms. The summed E-state index contributed by atoms with van der Waals surface area (Å²) < 4.78 is 13.2. The van der Waals surface area contributed by atoms with Crippen LogP contribution in [0.25, 0.3) is 6.08 Å². The van der Waals surface area contributed by atoms with Crippen molar-refractivity contribution in [1.82, 2.24) is 5.32 Å². The average Bonchev–Trinajstić information content (AvgIpc) is 2.31. The molecule has 0 heterocycles. The highest BCUT2D eigenvalue weighted by molar-refractivity contribution is 5.78. The molecule has 4 heteroatoms. The number of aliphatic hydroxyl groups excluding tert-OH is 1. The van der Waals surface area contributed by atoms with E-state index in [-0.39, 0.29) is 30.8 Å². The number of halogens is 1. The van der Waals surface area contributed by atoms with Crippen molar-refractivity contribution >= 4 is 12.0 Å². The van der Waals surface area contributed by atoms with E-state index in [0.29, 0.717) is 5.56 Å². The summed E-state index contributed by atoms with van der Waals surface area (Å²) in [5.74, 6) is -0.507. The SMILES string of the molecule is CC(CO)NC(=O)C/C=C/c1ccccc1F. The van der Waals surface area contributed by atoms with Crippen LogP contribution in [0.2, 0.25) is 0 Å². The molecule has 0 radical (unpaired) electrons. The lowest BCUT2D eigenvalue weighted by Crippen LogP contribution is -2.34. The minimum atomic E-state index is -0.312. The maximum Gasteiger partial charge on any atom is 0.224 e. The third-order valence-electron chi connectivity index (χ3n) is 2.19. The van der Waals surface area contributed by atoms with Crippen LogP contribution in [-0.2, 0) is 4.79 Å². The van der Waals surface area contributed by atoms with E-state index >= 15 is 0 Å². The molecule has 0 spiro atoms. The minimum absolute atomic E-state index is 0.0945. The summed E-state index contributed by atoms with van der Waals surface area (Å²) in [5.41, 5.74) is 0.454. The Balaban J connectivity index is 2.45. The van der Waals surface area contributed by atoms with Crippen LogP contribution in [0.5, 0.6) is 0 Å². The smallest absolute Gasteiger partial charge is 0.224 e. The van der Waals surface area contributed by atoms with Crippen LogP contribution in [0, 0.1) is 5.82 Å². The third-order valence-corrected chi connectivity index (χ3v) is 2.19. The number of carbonyl (C=O) groups is 1. The highest BCUT2D eigenvalue weighted by Gasteiger charge is 2.03. The van der Waals surface area contributed by atoms with Crippen molar-refractivity contribution < 1.29 is 14.3 Å². The van der Waals surface area contributed by atoms with Gasteiger partial charge in [-0.05, 0) is 13.0 Å². The van der Waals surface area contributed by atoms with Crippen LogP contribution in [0.4, 0.5) is 4.39 Å². The van der Waals surface area contributed by atoms with E-state index in [1.54, 1.807) is 37.3 Å². The summed E-state index contributed by atoms with van der Waals surface area (Å²) in [5, 5.41) is 11.3. The second kappa shape index (κ2) is 6.81. The zero-order valence-corrected chi connectivity index (χ0v) is 9.69. The van der Waals surface area contributed by atoms with E-state index in [4.69, 9.17) is 5.11 Å². The maximum absolute atomic E-state index is 13.2. The van der Waals surface area contributed by atoms with Gasteiger partial charge in [0, 0.05) is 18.0 Å². The largest absolute Gasteiger partial charge is 0.394 e. The highest BCUT2D eigenvalue weighted by Crippen LogP contribution is 2.08. The van der Waals surface area contributed by atoms with Gasteiger partial charge in [0.05, 0.1) is 6.61 Å². The molecule has 1 aromatic carbocycles. The number of carbonyl (C=O) groups excluding carboxylic acids is 1. The number of benzene rings is 1. The fraction of sp³-hybridized carbons (Fsp3) is 0.308. The van der Waals surface area contributed by atoms with Crippen LogP contribution in [0.15, 0.2) is 30.3 Å². The van der Waals surface area contributed by atoms with Gasteiger partial charge < -0.3 is 10.4 Å². The molecule has 0 aliphatic rings. The Kier molecular flexibility index (Phi) is 5.36. The number of nitrogens with one attached hydrogen (secondary N) is 1. The first-order valence-electron chi connectivity index (χ1n) is 5.44. The Bertz CT molecular complexity index is 404. The summed E-state index contributed by atoms with van der Waals surface area (Å²) in [6, 6.07) is 6.09. The predicted octanol–water partition coefficient (Wildman–Crippen LogP) is 1.73. The van der Waals surface area contributed by atoms with E-state index in [0.717, 1.165) is 0 Å². The first-order chi connectivity index (χ1) is 8.13. The Morgan fingerprint density at radius 2 is 2.24 bits per heavy atom. The molecule has 3 nitrogen and oxygen atoms in total. The predicted molar refractivity (Wildman–Crippen MR) is 64.7 cm³/mol. The van der Waals surface area contributed by atoms with Crippen molar-refractivity contribution in [2.75, 3.05) is 6.61 Å². The first kappa shape index (κ1) is 13.4. The molecule has 1 unspecified atom stereocenters. The normalized spacial score (nSPS) is 12.6. The summed E-state index contributed by atoms with van der Waals surface area (Å²) in [6.45, 7) is 1.61.